The molecule has 4 aliphatic heterocycles. The number of hydrogen-bond donors (Lipinski definition) is 2. The molecule has 11 heteroatoms. The van der Waals surface area contributed by atoms with Crippen molar-refractivity contribution >= 4 is 35.2 Å². The number of carbonyl (C=O) groups excluding carboxylic acids is 1. The third-order valence-electron chi connectivity index (χ3n) is 9.15. The zero-order valence-electron chi connectivity index (χ0n) is 25.4. The molecule has 4 atom stereocenters. The highest BCUT2D eigenvalue weighted by molar-refractivity contribution is 5.89. The van der Waals surface area contributed by atoms with E-state index in [1.54, 1.807) is 4.90 Å². The summed E-state index contributed by atoms with van der Waals surface area (Å²) in [6.45, 7) is 13.2. The van der Waals surface area contributed by atoms with E-state index in [0.29, 0.717) is 25.0 Å². The average molecular weight is 586 g/mol. The minimum atomic E-state index is -0.378. The molecule has 3 saturated heterocycles. The Morgan fingerprint density at radius 1 is 1.12 bits per heavy atom. The van der Waals surface area contributed by atoms with Crippen molar-refractivity contribution in [3.05, 3.63) is 53.7 Å². The largest absolute Gasteiger partial charge is 0.489 e. The molecule has 0 spiro atoms. The van der Waals surface area contributed by atoms with Gasteiger partial charge >= 0.3 is 6.09 Å². The number of nitrogens with one attached hydrogen (secondary N) is 2. The van der Waals surface area contributed by atoms with Gasteiger partial charge in [-0.1, -0.05) is 13.0 Å². The highest BCUT2D eigenvalue weighted by atomic mass is 16.6. The van der Waals surface area contributed by atoms with Gasteiger partial charge < -0.3 is 29.7 Å². The molecule has 0 radical (unpaired) electrons. The van der Waals surface area contributed by atoms with Gasteiger partial charge in [0, 0.05) is 29.4 Å². The number of aromatic nitrogens is 3. The second-order valence-electron chi connectivity index (χ2n) is 13.0. The van der Waals surface area contributed by atoms with Crippen LogP contribution in [0.25, 0.3) is 0 Å². The second kappa shape index (κ2) is 10.3. The van der Waals surface area contributed by atoms with Crippen LogP contribution in [-0.2, 0) is 14.9 Å². The van der Waals surface area contributed by atoms with Gasteiger partial charge in [0.05, 0.1) is 24.3 Å². The third kappa shape index (κ3) is 4.94. The molecule has 43 heavy (non-hydrogen) atoms. The van der Waals surface area contributed by atoms with Crippen molar-refractivity contribution in [2.75, 3.05) is 41.4 Å². The predicted octanol–water partition coefficient (Wildman–Crippen LogP) is 4.99. The van der Waals surface area contributed by atoms with Crippen molar-refractivity contribution in [2.45, 2.75) is 76.7 Å². The monoisotopic (exact) mass is 585 g/mol. The van der Waals surface area contributed by atoms with Crippen LogP contribution in [-0.4, -0.2) is 71.1 Å². The number of anilines is 5. The lowest BCUT2D eigenvalue weighted by molar-refractivity contribution is -0.0893. The smallest absolute Gasteiger partial charge is 0.415 e. The van der Waals surface area contributed by atoms with Crippen LogP contribution in [0.3, 0.4) is 0 Å². The first kappa shape index (κ1) is 27.8. The molecule has 226 valence electrons. The van der Waals surface area contributed by atoms with Crippen LogP contribution in [0.5, 0.6) is 5.75 Å². The second-order valence-corrected chi connectivity index (χ2v) is 13.0. The number of nitrogens with zero attached hydrogens (tertiary/aromatic N) is 5. The van der Waals surface area contributed by atoms with Gasteiger partial charge in [0.2, 0.25) is 5.95 Å². The number of rotatable bonds is 6. The first-order valence-corrected chi connectivity index (χ1v) is 15.1. The summed E-state index contributed by atoms with van der Waals surface area (Å²) in [6, 6.07) is 11.8. The molecule has 6 heterocycles. The maximum Gasteiger partial charge on any atom is 0.415 e. The maximum absolute atomic E-state index is 12.5. The van der Waals surface area contributed by atoms with Crippen LogP contribution in [0.1, 0.15) is 51.7 Å². The van der Waals surface area contributed by atoms with Crippen LogP contribution in [0, 0.1) is 6.92 Å². The van der Waals surface area contributed by atoms with Crippen molar-refractivity contribution in [2.24, 2.45) is 0 Å². The van der Waals surface area contributed by atoms with Gasteiger partial charge in [0.25, 0.3) is 0 Å². The quantitative estimate of drug-likeness (QED) is 0.410. The molecule has 0 saturated carbocycles. The fourth-order valence-corrected chi connectivity index (χ4v) is 6.67. The van der Waals surface area contributed by atoms with Gasteiger partial charge in [-0.25, -0.2) is 14.8 Å². The van der Waals surface area contributed by atoms with E-state index >= 15 is 0 Å². The Balaban J connectivity index is 1.23. The molecule has 3 fully saturated rings. The lowest BCUT2D eigenvalue weighted by Crippen LogP contribution is -2.54. The van der Waals surface area contributed by atoms with Crippen LogP contribution >= 0.6 is 0 Å². The fraction of sp³-hybridized carbons (Fsp3) is 0.500. The molecule has 0 aliphatic carbocycles. The van der Waals surface area contributed by atoms with Crippen molar-refractivity contribution in [3.63, 3.8) is 0 Å². The van der Waals surface area contributed by atoms with Crippen molar-refractivity contribution in [3.8, 4) is 5.75 Å². The van der Waals surface area contributed by atoms with E-state index in [4.69, 9.17) is 29.2 Å². The topological polar surface area (TPSA) is 114 Å². The summed E-state index contributed by atoms with van der Waals surface area (Å²) in [4.78, 5) is 31.2. The normalized spacial score (nSPS) is 27.6. The van der Waals surface area contributed by atoms with E-state index in [9.17, 15) is 4.79 Å². The molecule has 4 aliphatic rings. The highest BCUT2D eigenvalue weighted by Crippen LogP contribution is 2.53. The average Bonchev–Trinajstić information content (AvgIpc) is 3.67. The Labute approximate surface area is 252 Å². The summed E-state index contributed by atoms with van der Waals surface area (Å²) in [5.41, 5.74) is 2.29. The number of hydrogen-bond acceptors (Lipinski definition) is 10. The zero-order valence-corrected chi connectivity index (χ0v) is 25.4. The SMILES string of the molecule is Cc1cc(Nc2ncc3c(n2)N(c2cccc(N4C(=O)OC[C@@H]4C)n2)[C@H]2CC(C)(C)OC[C@@]32C)ccc1O[C@H]1CCNC1. The number of ether oxygens (including phenoxy) is 3. The molecule has 2 N–H and O–H groups in total. The van der Waals surface area contributed by atoms with Gasteiger partial charge in [-0.2, -0.15) is 4.98 Å². The molecule has 0 unspecified atom stereocenters. The van der Waals surface area contributed by atoms with Gasteiger partial charge in [0.15, 0.2) is 0 Å². The number of fused-ring (bicyclic) bond motifs is 3. The lowest BCUT2D eigenvalue weighted by Gasteiger charge is -2.46. The van der Waals surface area contributed by atoms with E-state index in [2.05, 4.69) is 49.3 Å². The fourth-order valence-electron chi connectivity index (χ4n) is 6.67. The van der Waals surface area contributed by atoms with Gasteiger partial charge in [-0.3, -0.25) is 4.90 Å². The van der Waals surface area contributed by atoms with E-state index in [-0.39, 0.29) is 35.3 Å². The summed E-state index contributed by atoms with van der Waals surface area (Å²) in [5.74, 6) is 3.46. The molecule has 2 aromatic heterocycles. The minimum Gasteiger partial charge on any atom is -0.489 e. The number of amides is 1. The Kier molecular flexibility index (Phi) is 6.70. The summed E-state index contributed by atoms with van der Waals surface area (Å²) >= 11 is 0. The van der Waals surface area contributed by atoms with Crippen LogP contribution < -0.4 is 25.2 Å². The standard InChI is InChI=1S/C32H39N7O4/c1-19-13-21(9-10-24(19)43-22-11-12-33-15-22)35-29-34-16-23-28(37-29)39(25-14-31(3,4)42-18-32(23,25)5)27-8-6-7-26(36-27)38-20(2)17-41-30(38)40/h6-10,13,16,20,22,25,33H,11-12,14-15,17-18H2,1-5H3,(H,34,35,37)/t20-,22-,25-,32-/m0/s1. The number of pyridine rings is 1. The molecular formula is C32H39N7O4. The van der Waals surface area contributed by atoms with Gasteiger partial charge in [-0.15, -0.1) is 0 Å². The molecule has 7 rings (SSSR count). The molecule has 1 aromatic carbocycles. The third-order valence-corrected chi connectivity index (χ3v) is 9.15. The Morgan fingerprint density at radius 2 is 1.93 bits per heavy atom. The molecule has 11 nitrogen and oxygen atoms in total. The predicted molar refractivity (Wildman–Crippen MR) is 164 cm³/mol. The summed E-state index contributed by atoms with van der Waals surface area (Å²) in [6.07, 6.45) is 3.53. The van der Waals surface area contributed by atoms with Crippen molar-refractivity contribution in [1.29, 1.82) is 0 Å². The molecule has 0 bridgehead atoms. The van der Waals surface area contributed by atoms with Crippen LogP contribution in [0.15, 0.2) is 42.6 Å². The Morgan fingerprint density at radius 3 is 2.65 bits per heavy atom. The Hall–Kier alpha value is -3.96. The van der Waals surface area contributed by atoms with E-state index < -0.39 is 0 Å². The summed E-state index contributed by atoms with van der Waals surface area (Å²) in [5, 5.41) is 6.75. The first-order valence-electron chi connectivity index (χ1n) is 15.1. The number of cyclic esters (lactones) is 1. The zero-order chi connectivity index (χ0) is 29.9. The van der Waals surface area contributed by atoms with Gasteiger partial charge in [-0.05, 0) is 83.0 Å². The first-order chi connectivity index (χ1) is 20.6. The van der Waals surface area contributed by atoms with Gasteiger partial charge in [0.1, 0.15) is 35.9 Å². The molecule has 1 amide bonds. The highest BCUT2D eigenvalue weighted by Gasteiger charge is 2.55. The van der Waals surface area contributed by atoms with Crippen LogP contribution in [0.4, 0.5) is 33.9 Å². The van der Waals surface area contributed by atoms with E-state index in [0.717, 1.165) is 60.1 Å². The summed E-state index contributed by atoms with van der Waals surface area (Å²) < 4.78 is 17.8. The molecular weight excluding hydrogens is 546 g/mol. The minimum absolute atomic E-state index is 0.0326. The van der Waals surface area contributed by atoms with E-state index in [1.807, 2.05) is 43.5 Å². The Bertz CT molecular complexity index is 1560. The summed E-state index contributed by atoms with van der Waals surface area (Å²) in [7, 11) is 0. The maximum atomic E-state index is 12.5. The van der Waals surface area contributed by atoms with Crippen molar-refractivity contribution < 1.29 is 19.0 Å². The molecule has 3 aromatic rings. The van der Waals surface area contributed by atoms with E-state index in [1.165, 1.54) is 0 Å². The number of aryl methyl sites for hydroxylation is 1. The van der Waals surface area contributed by atoms with Crippen LogP contribution in [0.2, 0.25) is 0 Å². The number of benzene rings is 1. The van der Waals surface area contributed by atoms with Crippen molar-refractivity contribution in [1.82, 2.24) is 20.3 Å². The lowest BCUT2D eigenvalue weighted by atomic mass is 9.73. The number of carbonyl (C=O) groups is 1.